The maximum atomic E-state index is 13.6. The second kappa shape index (κ2) is 6.05. The van der Waals surface area contributed by atoms with Gasteiger partial charge in [-0.1, -0.05) is 18.2 Å². The standard InChI is InChI=1S/C24H26N2O8/c1-31-19(28)24(30)18(27)21-6-3-10-25-11-9-22(17(21)25)13-4-5-14-16(34-12-33-14)15(13)26(20(29)32-2)23(22,24)8-7-21/h3-6,17-18,27,30H,7-12H2,1-2H3/t17-,18+,21-,22+,23-,24+/m0/s1. The number of fused-ring (bicyclic) bond motifs is 5. The summed E-state index contributed by atoms with van der Waals surface area (Å²) in [4.78, 5) is 30.8. The molecule has 8 rings (SSSR count). The van der Waals surface area contributed by atoms with Crippen molar-refractivity contribution in [2.24, 2.45) is 5.41 Å². The molecule has 34 heavy (non-hydrogen) atoms. The first-order valence-corrected chi connectivity index (χ1v) is 11.6. The number of aliphatic hydroxyl groups excluding tert-OH is 1. The third-order valence-corrected chi connectivity index (χ3v) is 9.55. The molecule has 1 saturated heterocycles. The lowest BCUT2D eigenvalue weighted by Crippen LogP contribution is -2.90. The molecule has 1 aromatic carbocycles. The van der Waals surface area contributed by atoms with Crippen molar-refractivity contribution in [1.29, 1.82) is 0 Å². The monoisotopic (exact) mass is 470 g/mol. The number of hydrogen-bond acceptors (Lipinski definition) is 9. The average Bonchev–Trinajstić information content (AvgIpc) is 3.56. The zero-order valence-corrected chi connectivity index (χ0v) is 18.9. The summed E-state index contributed by atoms with van der Waals surface area (Å²) in [5, 5.41) is 24.3. The van der Waals surface area contributed by atoms with Crippen LogP contribution in [0.5, 0.6) is 11.5 Å². The summed E-state index contributed by atoms with van der Waals surface area (Å²) in [6, 6.07) is 3.48. The van der Waals surface area contributed by atoms with Crippen molar-refractivity contribution in [2.75, 3.05) is 39.0 Å². The lowest BCUT2D eigenvalue weighted by Gasteiger charge is -2.72. The van der Waals surface area contributed by atoms with Crippen molar-refractivity contribution in [3.05, 3.63) is 29.8 Å². The highest BCUT2D eigenvalue weighted by molar-refractivity contribution is 6.02. The number of hydrogen-bond donors (Lipinski definition) is 2. The van der Waals surface area contributed by atoms with Crippen molar-refractivity contribution in [3.63, 3.8) is 0 Å². The molecule has 2 N–H and O–H groups in total. The summed E-state index contributed by atoms with van der Waals surface area (Å²) in [5.74, 6) is -0.112. The number of amides is 1. The van der Waals surface area contributed by atoms with Crippen molar-refractivity contribution >= 4 is 17.7 Å². The number of nitrogens with zero attached hydrogens (tertiary/aromatic N) is 2. The van der Waals surface area contributed by atoms with Crippen LogP contribution in [0, 0.1) is 5.41 Å². The number of aliphatic hydroxyl groups is 2. The molecule has 2 bridgehead atoms. The maximum absolute atomic E-state index is 13.6. The minimum absolute atomic E-state index is 0.00702. The van der Waals surface area contributed by atoms with E-state index in [-0.39, 0.29) is 19.3 Å². The lowest BCUT2D eigenvalue weighted by atomic mass is 9.37. The number of carbonyl (C=O) groups is 2. The van der Waals surface area contributed by atoms with E-state index in [1.807, 2.05) is 24.3 Å². The van der Waals surface area contributed by atoms with Gasteiger partial charge in [-0.3, -0.25) is 9.80 Å². The molecule has 0 radical (unpaired) electrons. The Kier molecular flexibility index (Phi) is 3.65. The second-order valence-corrected chi connectivity index (χ2v) is 10.2. The second-order valence-electron chi connectivity index (χ2n) is 10.2. The van der Waals surface area contributed by atoms with Crippen LogP contribution >= 0.6 is 0 Å². The molecule has 1 aromatic rings. The molecule has 3 spiro atoms. The number of ether oxygens (including phenoxy) is 4. The van der Waals surface area contributed by atoms with E-state index >= 15 is 0 Å². The minimum atomic E-state index is -2.41. The van der Waals surface area contributed by atoms with E-state index in [0.717, 1.165) is 5.56 Å². The molecule has 7 aliphatic rings. The van der Waals surface area contributed by atoms with Gasteiger partial charge < -0.3 is 29.2 Å². The normalized spacial score (nSPS) is 42.3. The minimum Gasteiger partial charge on any atom is -0.467 e. The van der Waals surface area contributed by atoms with Crippen LogP contribution in [0.1, 0.15) is 24.8 Å². The lowest BCUT2D eigenvalue weighted by molar-refractivity contribution is -0.262. The van der Waals surface area contributed by atoms with E-state index < -0.39 is 40.1 Å². The van der Waals surface area contributed by atoms with Crippen LogP contribution in [0.2, 0.25) is 0 Å². The largest absolute Gasteiger partial charge is 0.467 e. The van der Waals surface area contributed by atoms with Gasteiger partial charge in [-0.05, 0) is 37.4 Å². The summed E-state index contributed by atoms with van der Waals surface area (Å²) < 4.78 is 21.8. The molecule has 4 fully saturated rings. The third kappa shape index (κ3) is 1.72. The first-order valence-electron chi connectivity index (χ1n) is 11.6. The van der Waals surface area contributed by atoms with Crippen molar-refractivity contribution in [3.8, 4) is 11.5 Å². The molecule has 3 aliphatic carbocycles. The maximum Gasteiger partial charge on any atom is 0.414 e. The van der Waals surface area contributed by atoms with Gasteiger partial charge in [-0.25, -0.2) is 9.59 Å². The molecule has 6 atom stereocenters. The molecule has 10 nitrogen and oxygen atoms in total. The molecular formula is C24H26N2O8. The topological polar surface area (TPSA) is 118 Å². The van der Waals surface area contributed by atoms with Crippen LogP contribution in [0.3, 0.4) is 0 Å². The molecule has 3 saturated carbocycles. The predicted octanol–water partition coefficient (Wildman–Crippen LogP) is 0.681. The van der Waals surface area contributed by atoms with Crippen molar-refractivity contribution in [1.82, 2.24) is 4.90 Å². The number of benzene rings is 1. The van der Waals surface area contributed by atoms with Crippen LogP contribution < -0.4 is 14.4 Å². The Morgan fingerprint density at radius 3 is 2.74 bits per heavy atom. The smallest absolute Gasteiger partial charge is 0.414 e. The van der Waals surface area contributed by atoms with E-state index in [1.165, 1.54) is 19.1 Å². The van der Waals surface area contributed by atoms with E-state index in [0.29, 0.717) is 43.1 Å². The summed E-state index contributed by atoms with van der Waals surface area (Å²) in [7, 11) is 2.45. The van der Waals surface area contributed by atoms with Crippen molar-refractivity contribution in [2.45, 2.75) is 48.0 Å². The van der Waals surface area contributed by atoms with Crippen molar-refractivity contribution < 1.29 is 38.7 Å². The average molecular weight is 470 g/mol. The molecule has 180 valence electrons. The molecular weight excluding hydrogens is 444 g/mol. The SMILES string of the molecule is COC(=O)N1c2c(ccc3c2OCO3)[C@@]23CCN4CC=C[C@]5(CC[C@]12[C@](O)(C(=O)OC)[C@@H]5O)[C@H]43. The van der Waals surface area contributed by atoms with Gasteiger partial charge in [0.15, 0.2) is 11.5 Å². The quantitative estimate of drug-likeness (QED) is 0.451. The van der Waals surface area contributed by atoms with Gasteiger partial charge in [-0.15, -0.1) is 0 Å². The highest BCUT2D eigenvalue weighted by Gasteiger charge is 2.89. The van der Waals surface area contributed by atoms with Crippen LogP contribution in [0.4, 0.5) is 10.5 Å². The zero-order chi connectivity index (χ0) is 23.7. The van der Waals surface area contributed by atoms with Crippen LogP contribution in [0.25, 0.3) is 0 Å². The number of anilines is 1. The molecule has 1 amide bonds. The Bertz CT molecular complexity index is 1190. The summed E-state index contributed by atoms with van der Waals surface area (Å²) in [6.45, 7) is 1.37. The first kappa shape index (κ1) is 20.5. The predicted molar refractivity (Wildman–Crippen MR) is 116 cm³/mol. The molecule has 10 heteroatoms. The molecule has 4 heterocycles. The summed E-state index contributed by atoms with van der Waals surface area (Å²) in [5.41, 5.74) is -4.49. The number of carbonyl (C=O) groups excluding carboxylic acids is 2. The molecule has 0 unspecified atom stereocenters. The van der Waals surface area contributed by atoms with Crippen LogP contribution in [0.15, 0.2) is 24.3 Å². The fourth-order valence-electron chi connectivity index (χ4n) is 8.68. The van der Waals surface area contributed by atoms with E-state index in [9.17, 15) is 19.8 Å². The van der Waals surface area contributed by atoms with Gasteiger partial charge in [0.25, 0.3) is 0 Å². The Labute approximate surface area is 195 Å². The molecule has 4 aliphatic heterocycles. The Morgan fingerprint density at radius 2 is 1.97 bits per heavy atom. The van der Waals surface area contributed by atoms with E-state index in [1.54, 1.807) is 0 Å². The highest BCUT2D eigenvalue weighted by Crippen LogP contribution is 2.77. The fraction of sp³-hybridized carbons (Fsp3) is 0.583. The van der Waals surface area contributed by atoms with E-state index in [2.05, 4.69) is 4.90 Å². The van der Waals surface area contributed by atoms with Gasteiger partial charge in [0.1, 0.15) is 11.6 Å². The molecule has 0 aromatic heterocycles. The van der Waals surface area contributed by atoms with Gasteiger partial charge in [0.2, 0.25) is 12.4 Å². The number of rotatable bonds is 1. The summed E-state index contributed by atoms with van der Waals surface area (Å²) >= 11 is 0. The van der Waals surface area contributed by atoms with E-state index in [4.69, 9.17) is 18.9 Å². The number of esters is 1. The third-order valence-electron chi connectivity index (χ3n) is 9.55. The fourth-order valence-corrected chi connectivity index (χ4v) is 8.68. The summed E-state index contributed by atoms with van der Waals surface area (Å²) in [6.07, 6.45) is 3.06. The zero-order valence-electron chi connectivity index (χ0n) is 18.9. The van der Waals surface area contributed by atoms with Crippen LogP contribution in [-0.4, -0.2) is 84.6 Å². The van der Waals surface area contributed by atoms with Gasteiger partial charge in [0, 0.05) is 23.4 Å². The van der Waals surface area contributed by atoms with Gasteiger partial charge in [0.05, 0.1) is 19.9 Å². The Hall–Kier alpha value is -2.82. The number of methoxy groups -OCH3 is 2. The first-order chi connectivity index (χ1) is 16.3. The van der Waals surface area contributed by atoms with Crippen LogP contribution in [-0.2, 0) is 19.7 Å². The Morgan fingerprint density at radius 1 is 1.15 bits per heavy atom. The van der Waals surface area contributed by atoms with Gasteiger partial charge >= 0.3 is 12.1 Å². The van der Waals surface area contributed by atoms with Gasteiger partial charge in [-0.2, -0.15) is 0 Å². The highest BCUT2D eigenvalue weighted by atomic mass is 16.7. The Balaban J connectivity index is 1.65.